The molecule has 1 aromatic carbocycles. The lowest BCUT2D eigenvalue weighted by Gasteiger charge is -2.31. The monoisotopic (exact) mass is 367 g/mol. The Morgan fingerprint density at radius 2 is 1.96 bits per heavy atom. The van der Waals surface area contributed by atoms with Gasteiger partial charge in [-0.05, 0) is 25.3 Å². The van der Waals surface area contributed by atoms with Gasteiger partial charge in [0.1, 0.15) is 0 Å². The molecule has 7 heteroatoms. The van der Waals surface area contributed by atoms with Gasteiger partial charge in [-0.15, -0.1) is 0 Å². The number of amides is 1. The Morgan fingerprint density at radius 3 is 2.64 bits per heavy atom. The molecule has 0 saturated carbocycles. The summed E-state index contributed by atoms with van der Waals surface area (Å²) in [5.74, 6) is -1.05. The number of hydrogen-bond donors (Lipinski definition) is 0. The molecule has 138 valence electrons. The van der Waals surface area contributed by atoms with Crippen molar-refractivity contribution in [2.75, 3.05) is 25.4 Å². The highest BCUT2D eigenvalue weighted by Crippen LogP contribution is 2.19. The fourth-order valence-corrected chi connectivity index (χ4v) is 4.29. The molecule has 0 N–H and O–H groups in total. The lowest BCUT2D eigenvalue weighted by Crippen LogP contribution is -2.43. The number of ether oxygens (including phenoxy) is 1. The third kappa shape index (κ3) is 6.16. The Morgan fingerprint density at radius 1 is 1.24 bits per heavy atom. The van der Waals surface area contributed by atoms with Crippen molar-refractivity contribution in [1.82, 2.24) is 4.90 Å². The SMILES string of the molecule is CCOC(=O)[C@H]1CCCN(C(=O)CCS(=O)(=O)Cc2ccccc2)C1. The number of nitrogens with zero attached hydrogens (tertiary/aromatic N) is 1. The van der Waals surface area contributed by atoms with Crippen molar-refractivity contribution < 1.29 is 22.7 Å². The van der Waals surface area contributed by atoms with E-state index in [0.29, 0.717) is 26.1 Å². The molecule has 0 aromatic heterocycles. The van der Waals surface area contributed by atoms with Crippen molar-refractivity contribution in [3.05, 3.63) is 35.9 Å². The van der Waals surface area contributed by atoms with E-state index in [1.807, 2.05) is 6.07 Å². The number of piperidine rings is 1. The molecule has 0 aliphatic carbocycles. The first kappa shape index (κ1) is 19.4. The second-order valence-corrected chi connectivity index (χ2v) is 8.44. The van der Waals surface area contributed by atoms with Crippen molar-refractivity contribution in [2.45, 2.75) is 31.9 Å². The normalized spacial score (nSPS) is 18.0. The number of carbonyl (C=O) groups excluding carboxylic acids is 2. The Bertz CT molecular complexity index is 687. The van der Waals surface area contributed by atoms with Crippen LogP contribution in [0.15, 0.2) is 30.3 Å². The van der Waals surface area contributed by atoms with E-state index in [0.717, 1.165) is 12.0 Å². The van der Waals surface area contributed by atoms with Gasteiger partial charge in [0.15, 0.2) is 9.84 Å². The van der Waals surface area contributed by atoms with E-state index < -0.39 is 9.84 Å². The van der Waals surface area contributed by atoms with E-state index >= 15 is 0 Å². The molecule has 1 heterocycles. The van der Waals surface area contributed by atoms with E-state index in [-0.39, 0.29) is 35.7 Å². The van der Waals surface area contributed by atoms with Crippen LogP contribution in [0.3, 0.4) is 0 Å². The molecule has 6 nitrogen and oxygen atoms in total. The van der Waals surface area contributed by atoms with E-state index in [1.54, 1.807) is 36.1 Å². The van der Waals surface area contributed by atoms with Crippen LogP contribution in [0, 0.1) is 5.92 Å². The minimum absolute atomic E-state index is 0.0509. The maximum Gasteiger partial charge on any atom is 0.310 e. The van der Waals surface area contributed by atoms with E-state index in [1.165, 1.54) is 0 Å². The molecule has 1 fully saturated rings. The quantitative estimate of drug-likeness (QED) is 0.687. The fraction of sp³-hybridized carbons (Fsp3) is 0.556. The van der Waals surface area contributed by atoms with Crippen LogP contribution in [0.4, 0.5) is 0 Å². The Balaban J connectivity index is 1.85. The van der Waals surface area contributed by atoms with Crippen LogP contribution in [0.2, 0.25) is 0 Å². The van der Waals surface area contributed by atoms with Gasteiger partial charge in [-0.3, -0.25) is 9.59 Å². The maximum atomic E-state index is 12.3. The summed E-state index contributed by atoms with van der Waals surface area (Å²) in [4.78, 5) is 25.7. The van der Waals surface area contributed by atoms with E-state index in [9.17, 15) is 18.0 Å². The Hall–Kier alpha value is -1.89. The van der Waals surface area contributed by atoms with E-state index in [4.69, 9.17) is 4.74 Å². The number of carbonyl (C=O) groups is 2. The molecule has 0 radical (unpaired) electrons. The lowest BCUT2D eigenvalue weighted by molar-refractivity contribution is -0.151. The smallest absolute Gasteiger partial charge is 0.310 e. The zero-order valence-corrected chi connectivity index (χ0v) is 15.3. The molecule has 1 aliphatic rings. The minimum atomic E-state index is -3.35. The maximum absolute atomic E-state index is 12.3. The summed E-state index contributed by atoms with van der Waals surface area (Å²) in [6.45, 7) is 2.95. The van der Waals surface area contributed by atoms with Crippen LogP contribution >= 0.6 is 0 Å². The van der Waals surface area contributed by atoms with Crippen molar-refractivity contribution in [3.8, 4) is 0 Å². The molecule has 1 aromatic rings. The van der Waals surface area contributed by atoms with E-state index in [2.05, 4.69) is 0 Å². The molecule has 1 saturated heterocycles. The van der Waals surface area contributed by atoms with Crippen LogP contribution in [0.25, 0.3) is 0 Å². The molecule has 0 unspecified atom stereocenters. The largest absolute Gasteiger partial charge is 0.466 e. The Labute approximate surface area is 149 Å². The van der Waals surface area contributed by atoms with Gasteiger partial charge < -0.3 is 9.64 Å². The summed E-state index contributed by atoms with van der Waals surface area (Å²) in [6, 6.07) is 8.93. The second-order valence-electron chi connectivity index (χ2n) is 6.26. The first-order valence-corrected chi connectivity index (χ1v) is 10.4. The number of rotatable bonds is 7. The van der Waals surface area contributed by atoms with Gasteiger partial charge in [0.25, 0.3) is 0 Å². The van der Waals surface area contributed by atoms with Crippen molar-refractivity contribution in [3.63, 3.8) is 0 Å². The molecule has 0 spiro atoms. The second kappa shape index (κ2) is 8.99. The highest BCUT2D eigenvalue weighted by Gasteiger charge is 2.29. The van der Waals surface area contributed by atoms with Gasteiger partial charge >= 0.3 is 5.97 Å². The zero-order chi connectivity index (χ0) is 18.3. The highest BCUT2D eigenvalue weighted by molar-refractivity contribution is 7.90. The third-order valence-corrected chi connectivity index (χ3v) is 5.85. The summed E-state index contributed by atoms with van der Waals surface area (Å²) >= 11 is 0. The first-order chi connectivity index (χ1) is 11.9. The third-order valence-electron chi connectivity index (χ3n) is 4.25. The molecule has 0 bridgehead atoms. The van der Waals surface area contributed by atoms with Gasteiger partial charge in [-0.2, -0.15) is 0 Å². The van der Waals surface area contributed by atoms with Gasteiger partial charge in [0, 0.05) is 19.5 Å². The molecule has 1 atom stereocenters. The number of likely N-dealkylation sites (tertiary alicyclic amines) is 1. The highest BCUT2D eigenvalue weighted by atomic mass is 32.2. The summed E-state index contributed by atoms with van der Waals surface area (Å²) in [6.07, 6.45) is 1.38. The molecular formula is C18H25NO5S. The number of hydrogen-bond acceptors (Lipinski definition) is 5. The first-order valence-electron chi connectivity index (χ1n) is 8.60. The summed E-state index contributed by atoms with van der Waals surface area (Å²) in [7, 11) is -3.35. The van der Waals surface area contributed by atoms with Crippen molar-refractivity contribution in [1.29, 1.82) is 0 Å². The zero-order valence-electron chi connectivity index (χ0n) is 14.5. The summed E-state index contributed by atoms with van der Waals surface area (Å²) < 4.78 is 29.4. The van der Waals surface area contributed by atoms with Crippen molar-refractivity contribution >= 4 is 21.7 Å². The van der Waals surface area contributed by atoms with Crippen LogP contribution in [0.5, 0.6) is 0 Å². The van der Waals surface area contributed by atoms with Crippen molar-refractivity contribution in [2.24, 2.45) is 5.92 Å². The summed E-state index contributed by atoms with van der Waals surface area (Å²) in [5.41, 5.74) is 0.718. The number of sulfone groups is 1. The molecule has 2 rings (SSSR count). The average Bonchev–Trinajstić information content (AvgIpc) is 2.60. The Kier molecular flexibility index (Phi) is 6.99. The average molecular weight is 367 g/mol. The minimum Gasteiger partial charge on any atom is -0.466 e. The number of esters is 1. The van der Waals surface area contributed by atoms with Crippen LogP contribution in [-0.2, 0) is 29.9 Å². The topological polar surface area (TPSA) is 80.8 Å². The molecule has 1 aliphatic heterocycles. The van der Waals surface area contributed by atoms with Gasteiger partial charge in [0.05, 0.1) is 24.0 Å². The van der Waals surface area contributed by atoms with Crippen LogP contribution in [-0.4, -0.2) is 50.6 Å². The fourth-order valence-electron chi connectivity index (χ4n) is 2.96. The predicted octanol–water partition coefficient (Wildman–Crippen LogP) is 1.79. The van der Waals surface area contributed by atoms with Gasteiger partial charge in [-0.1, -0.05) is 30.3 Å². The molecular weight excluding hydrogens is 342 g/mol. The van der Waals surface area contributed by atoms with Gasteiger partial charge in [-0.25, -0.2) is 8.42 Å². The standard InChI is InChI=1S/C18H25NO5S/c1-2-24-18(21)16-9-6-11-19(13-16)17(20)10-12-25(22,23)14-15-7-4-3-5-8-15/h3-5,7-8,16H,2,6,9-14H2,1H3/t16-/m0/s1. The lowest BCUT2D eigenvalue weighted by atomic mass is 9.98. The van der Waals surface area contributed by atoms with Crippen LogP contribution in [0.1, 0.15) is 31.7 Å². The molecule has 1 amide bonds. The van der Waals surface area contributed by atoms with Gasteiger partial charge in [0.2, 0.25) is 5.91 Å². The van der Waals surface area contributed by atoms with Crippen LogP contribution < -0.4 is 0 Å². The molecule has 25 heavy (non-hydrogen) atoms. The predicted molar refractivity (Wildman–Crippen MR) is 94.5 cm³/mol. The summed E-state index contributed by atoms with van der Waals surface area (Å²) in [5, 5.41) is 0. The number of benzene rings is 1.